The Morgan fingerprint density at radius 3 is 2.23 bits per heavy atom. The van der Waals surface area contributed by atoms with Crippen molar-refractivity contribution in [1.29, 1.82) is 0 Å². The van der Waals surface area contributed by atoms with Gasteiger partial charge in [-0.3, -0.25) is 9.59 Å². The number of carbonyl (C=O) groups is 3. The van der Waals surface area contributed by atoms with Crippen LogP contribution in [0.2, 0.25) is 0 Å². The fourth-order valence-electron chi connectivity index (χ4n) is 2.56. The molecule has 6 heteroatoms. The number of hydrogen-bond donors (Lipinski definition) is 1. The number of benzene rings is 2. The lowest BCUT2D eigenvalue weighted by atomic mass is 10.1. The number of esters is 1. The first-order valence-corrected chi connectivity index (χ1v) is 8.44. The molecule has 2 aromatic rings. The van der Waals surface area contributed by atoms with Crippen LogP contribution in [0.1, 0.15) is 11.1 Å². The second-order valence-corrected chi connectivity index (χ2v) is 6.09. The molecule has 2 aromatic carbocycles. The van der Waals surface area contributed by atoms with E-state index in [-0.39, 0.29) is 31.4 Å². The minimum Gasteiger partial charge on any atom is -0.459 e. The first-order chi connectivity index (χ1) is 12.6. The molecule has 1 fully saturated rings. The highest BCUT2D eigenvalue weighted by Gasteiger charge is 2.45. The topological polar surface area (TPSA) is 75.5 Å². The predicted molar refractivity (Wildman–Crippen MR) is 94.9 cm³/mol. The van der Waals surface area contributed by atoms with E-state index in [0.717, 1.165) is 11.1 Å². The molecule has 0 saturated carbocycles. The standard InChI is InChI=1S/C20H20N2O4/c23-18(11-15-7-3-1-4-8-15)21-12-19(24)22-13-17(22)20(25)26-14-16-9-5-2-6-10-16/h1-10,17H,11-14H2,(H,21,23). The van der Waals surface area contributed by atoms with E-state index >= 15 is 0 Å². The SMILES string of the molecule is O=C(Cc1ccccc1)NCC(=O)N1CC1C(=O)OCc1ccccc1. The molecule has 6 nitrogen and oxygen atoms in total. The zero-order chi connectivity index (χ0) is 18.4. The van der Waals surface area contributed by atoms with Crippen molar-refractivity contribution >= 4 is 17.8 Å². The van der Waals surface area contributed by atoms with Gasteiger partial charge >= 0.3 is 5.97 Å². The van der Waals surface area contributed by atoms with Crippen LogP contribution in [0.3, 0.4) is 0 Å². The number of nitrogens with zero attached hydrogens (tertiary/aromatic N) is 1. The zero-order valence-electron chi connectivity index (χ0n) is 14.3. The zero-order valence-corrected chi connectivity index (χ0v) is 14.3. The third-order valence-corrected chi connectivity index (χ3v) is 4.07. The minimum atomic E-state index is -0.544. The van der Waals surface area contributed by atoms with Crippen molar-refractivity contribution in [3.8, 4) is 0 Å². The summed E-state index contributed by atoms with van der Waals surface area (Å²) >= 11 is 0. The van der Waals surface area contributed by atoms with E-state index in [4.69, 9.17) is 4.74 Å². The highest BCUT2D eigenvalue weighted by molar-refractivity contribution is 5.92. The van der Waals surface area contributed by atoms with Crippen molar-refractivity contribution in [1.82, 2.24) is 10.2 Å². The highest BCUT2D eigenvalue weighted by atomic mass is 16.5. The maximum absolute atomic E-state index is 12.1. The lowest BCUT2D eigenvalue weighted by Gasteiger charge is -2.07. The molecule has 3 rings (SSSR count). The molecule has 1 saturated heterocycles. The fraction of sp³-hybridized carbons (Fsp3) is 0.250. The van der Waals surface area contributed by atoms with Crippen molar-refractivity contribution in [2.24, 2.45) is 0 Å². The van der Waals surface area contributed by atoms with E-state index in [1.165, 1.54) is 4.90 Å². The predicted octanol–water partition coefficient (Wildman–Crippen LogP) is 1.30. The largest absolute Gasteiger partial charge is 0.459 e. The second kappa shape index (κ2) is 8.29. The molecular formula is C20H20N2O4. The van der Waals surface area contributed by atoms with Gasteiger partial charge in [0.25, 0.3) is 0 Å². The van der Waals surface area contributed by atoms with Crippen molar-refractivity contribution in [2.45, 2.75) is 19.1 Å². The van der Waals surface area contributed by atoms with Gasteiger partial charge in [0.15, 0.2) is 0 Å². The molecule has 2 amide bonds. The van der Waals surface area contributed by atoms with Crippen LogP contribution in [-0.4, -0.2) is 41.8 Å². The Hall–Kier alpha value is -3.15. The molecule has 1 heterocycles. The van der Waals surface area contributed by atoms with Gasteiger partial charge in [-0.05, 0) is 11.1 Å². The normalized spacial score (nSPS) is 15.2. The highest BCUT2D eigenvalue weighted by Crippen LogP contribution is 2.19. The van der Waals surface area contributed by atoms with E-state index in [1.807, 2.05) is 60.7 Å². The van der Waals surface area contributed by atoms with Crippen LogP contribution in [-0.2, 0) is 32.1 Å². The summed E-state index contributed by atoms with van der Waals surface area (Å²) in [7, 11) is 0. The number of nitrogens with one attached hydrogen (secondary N) is 1. The summed E-state index contributed by atoms with van der Waals surface area (Å²) in [5, 5.41) is 2.59. The van der Waals surface area contributed by atoms with E-state index in [1.54, 1.807) is 0 Å². The molecule has 0 aromatic heterocycles. The van der Waals surface area contributed by atoms with Crippen LogP contribution in [0.5, 0.6) is 0 Å². The smallest absolute Gasteiger partial charge is 0.331 e. The van der Waals surface area contributed by atoms with E-state index in [9.17, 15) is 14.4 Å². The number of amides is 2. The Morgan fingerprint density at radius 1 is 0.962 bits per heavy atom. The number of hydrogen-bond acceptors (Lipinski definition) is 4. The van der Waals surface area contributed by atoms with Gasteiger partial charge in [-0.2, -0.15) is 0 Å². The second-order valence-electron chi connectivity index (χ2n) is 6.09. The molecule has 1 aliphatic rings. The molecule has 26 heavy (non-hydrogen) atoms. The summed E-state index contributed by atoms with van der Waals surface area (Å²) in [5.41, 5.74) is 1.78. The average Bonchev–Trinajstić information content (AvgIpc) is 3.47. The number of ether oxygens (including phenoxy) is 1. The summed E-state index contributed by atoms with van der Waals surface area (Å²) in [5.74, 6) is -0.930. The van der Waals surface area contributed by atoms with Crippen LogP contribution in [0.4, 0.5) is 0 Å². The van der Waals surface area contributed by atoms with Crippen LogP contribution in [0.25, 0.3) is 0 Å². The van der Waals surface area contributed by atoms with Crippen LogP contribution >= 0.6 is 0 Å². The Balaban J connectivity index is 1.37. The maximum Gasteiger partial charge on any atom is 0.331 e. The van der Waals surface area contributed by atoms with E-state index in [0.29, 0.717) is 6.54 Å². The average molecular weight is 352 g/mol. The molecule has 134 valence electrons. The van der Waals surface area contributed by atoms with Crippen LogP contribution in [0, 0.1) is 0 Å². The lowest BCUT2D eigenvalue weighted by molar-refractivity contribution is -0.146. The quantitative estimate of drug-likeness (QED) is 0.602. The van der Waals surface area contributed by atoms with Crippen LogP contribution in [0.15, 0.2) is 60.7 Å². The summed E-state index contributed by atoms with van der Waals surface area (Å²) in [6.07, 6.45) is 0.219. The summed E-state index contributed by atoms with van der Waals surface area (Å²) in [4.78, 5) is 37.3. The number of carbonyl (C=O) groups excluding carboxylic acids is 3. The molecule has 0 spiro atoms. The van der Waals surface area contributed by atoms with Gasteiger partial charge in [-0.25, -0.2) is 4.79 Å². The molecule has 0 aliphatic carbocycles. The maximum atomic E-state index is 12.1. The Kier molecular flexibility index (Phi) is 5.63. The molecule has 0 radical (unpaired) electrons. The Labute approximate surface area is 151 Å². The minimum absolute atomic E-state index is 0.117. The fourth-order valence-corrected chi connectivity index (χ4v) is 2.56. The molecule has 1 aliphatic heterocycles. The van der Waals surface area contributed by atoms with Gasteiger partial charge in [-0.15, -0.1) is 0 Å². The van der Waals surface area contributed by atoms with Gasteiger partial charge in [0.05, 0.1) is 19.5 Å². The van der Waals surface area contributed by atoms with Crippen molar-refractivity contribution < 1.29 is 19.1 Å². The van der Waals surface area contributed by atoms with Crippen molar-refractivity contribution in [2.75, 3.05) is 13.1 Å². The number of rotatable bonds is 7. The van der Waals surface area contributed by atoms with Crippen LogP contribution < -0.4 is 5.32 Å². The summed E-state index contributed by atoms with van der Waals surface area (Å²) in [6.45, 7) is 0.404. The molecular weight excluding hydrogens is 332 g/mol. The lowest BCUT2D eigenvalue weighted by Crippen LogP contribution is -2.35. The summed E-state index contributed by atoms with van der Waals surface area (Å²) < 4.78 is 5.22. The molecule has 1 N–H and O–H groups in total. The third kappa shape index (κ3) is 4.92. The molecule has 1 atom stereocenters. The molecule has 0 bridgehead atoms. The summed E-state index contributed by atoms with van der Waals surface area (Å²) in [6, 6.07) is 18.1. The van der Waals surface area contributed by atoms with Crippen molar-refractivity contribution in [3.05, 3.63) is 71.8 Å². The Morgan fingerprint density at radius 2 is 1.58 bits per heavy atom. The van der Waals surface area contributed by atoms with Gasteiger partial charge in [0, 0.05) is 0 Å². The van der Waals surface area contributed by atoms with Gasteiger partial charge in [-0.1, -0.05) is 60.7 Å². The third-order valence-electron chi connectivity index (χ3n) is 4.07. The monoisotopic (exact) mass is 352 g/mol. The molecule has 1 unspecified atom stereocenters. The van der Waals surface area contributed by atoms with Gasteiger partial charge in [0.1, 0.15) is 12.6 Å². The van der Waals surface area contributed by atoms with E-state index in [2.05, 4.69) is 5.32 Å². The first kappa shape index (κ1) is 17.7. The van der Waals surface area contributed by atoms with Gasteiger partial charge < -0.3 is 15.0 Å². The van der Waals surface area contributed by atoms with E-state index < -0.39 is 12.0 Å². The van der Waals surface area contributed by atoms with Gasteiger partial charge in [0.2, 0.25) is 11.8 Å². The van der Waals surface area contributed by atoms with Crippen molar-refractivity contribution in [3.63, 3.8) is 0 Å². The Bertz CT molecular complexity index is 777. The first-order valence-electron chi connectivity index (χ1n) is 8.44.